The summed E-state index contributed by atoms with van der Waals surface area (Å²) in [6, 6.07) is 6.60. The van der Waals surface area contributed by atoms with Crippen LogP contribution < -0.4 is 5.56 Å². The van der Waals surface area contributed by atoms with E-state index in [9.17, 15) is 22.8 Å². The molecule has 4 aromatic rings. The molecule has 0 spiro atoms. The molecule has 0 radical (unpaired) electrons. The van der Waals surface area contributed by atoms with Gasteiger partial charge in [0.15, 0.2) is 11.4 Å². The number of ketones is 1. The lowest BCUT2D eigenvalue weighted by molar-refractivity contribution is -0.137. The minimum atomic E-state index is -4.51. The predicted molar refractivity (Wildman–Crippen MR) is 117 cm³/mol. The molecule has 3 aromatic heterocycles. The third-order valence-electron chi connectivity index (χ3n) is 5.59. The van der Waals surface area contributed by atoms with Gasteiger partial charge in [-0.1, -0.05) is 6.07 Å². The molecule has 7 nitrogen and oxygen atoms in total. The van der Waals surface area contributed by atoms with Crippen LogP contribution in [0.15, 0.2) is 47.7 Å². The first kappa shape index (κ1) is 22.5. The lowest BCUT2D eigenvalue weighted by atomic mass is 10.1. The van der Waals surface area contributed by atoms with Gasteiger partial charge >= 0.3 is 6.18 Å². The van der Waals surface area contributed by atoms with E-state index in [0.29, 0.717) is 5.56 Å². The van der Waals surface area contributed by atoms with Crippen molar-refractivity contribution in [2.45, 2.75) is 46.5 Å². The Balaban J connectivity index is 1.69. The van der Waals surface area contributed by atoms with E-state index in [2.05, 4.69) is 14.6 Å². The summed E-state index contributed by atoms with van der Waals surface area (Å²) >= 11 is 0. The molecule has 33 heavy (non-hydrogen) atoms. The minimum Gasteiger partial charge on any atom is -0.346 e. The van der Waals surface area contributed by atoms with E-state index >= 15 is 0 Å². The summed E-state index contributed by atoms with van der Waals surface area (Å²) in [4.78, 5) is 30.1. The van der Waals surface area contributed by atoms with E-state index in [0.717, 1.165) is 23.5 Å². The summed E-state index contributed by atoms with van der Waals surface area (Å²) in [5.74, 6) is -0.233. The van der Waals surface area contributed by atoms with Crippen molar-refractivity contribution in [3.05, 3.63) is 75.7 Å². The number of carbonyl (C=O) groups is 1. The van der Waals surface area contributed by atoms with Gasteiger partial charge in [0.2, 0.25) is 0 Å². The van der Waals surface area contributed by atoms with Crippen LogP contribution >= 0.6 is 0 Å². The van der Waals surface area contributed by atoms with Gasteiger partial charge in [-0.25, -0.2) is 9.67 Å². The first-order valence-corrected chi connectivity index (χ1v) is 10.3. The Morgan fingerprint density at radius 1 is 1.15 bits per heavy atom. The minimum absolute atomic E-state index is 0.107. The second-order valence-electron chi connectivity index (χ2n) is 8.19. The van der Waals surface area contributed by atoms with E-state index in [1.54, 1.807) is 6.07 Å². The monoisotopic (exact) mass is 457 g/mol. The molecule has 0 bridgehead atoms. The van der Waals surface area contributed by atoms with Crippen LogP contribution in [-0.4, -0.2) is 29.7 Å². The number of hydrogen-bond acceptors (Lipinski definition) is 4. The second-order valence-corrected chi connectivity index (χ2v) is 8.19. The second kappa shape index (κ2) is 8.02. The highest BCUT2D eigenvalue weighted by Crippen LogP contribution is 2.30. The van der Waals surface area contributed by atoms with Crippen LogP contribution in [-0.2, 0) is 12.7 Å². The molecule has 0 atom stereocenters. The Morgan fingerprint density at radius 2 is 1.88 bits per heavy atom. The Hall–Kier alpha value is -3.69. The zero-order valence-corrected chi connectivity index (χ0v) is 18.5. The summed E-state index contributed by atoms with van der Waals surface area (Å²) < 4.78 is 43.6. The SMILES string of the molecule is Cc1cc(C(=O)Cn2cnc3c(cnn3-c3cccc(C(F)(F)F)c3)c2=O)c(C)n1C(C)C. The number of aryl methyl sites for hydroxylation is 1. The van der Waals surface area contributed by atoms with Crippen molar-refractivity contribution in [3.8, 4) is 5.69 Å². The highest BCUT2D eigenvalue weighted by Gasteiger charge is 2.30. The van der Waals surface area contributed by atoms with E-state index < -0.39 is 17.3 Å². The van der Waals surface area contributed by atoms with Gasteiger partial charge in [-0.15, -0.1) is 0 Å². The quantitative estimate of drug-likeness (QED) is 0.414. The smallest absolute Gasteiger partial charge is 0.346 e. The maximum absolute atomic E-state index is 13.1. The molecule has 0 amide bonds. The summed E-state index contributed by atoms with van der Waals surface area (Å²) in [5.41, 5.74) is 1.22. The van der Waals surface area contributed by atoms with Crippen LogP contribution in [0.1, 0.15) is 47.2 Å². The molecule has 10 heteroatoms. The number of rotatable bonds is 5. The van der Waals surface area contributed by atoms with Crippen molar-refractivity contribution in [3.63, 3.8) is 0 Å². The van der Waals surface area contributed by atoms with Crippen molar-refractivity contribution >= 4 is 16.8 Å². The normalized spacial score (nSPS) is 12.1. The van der Waals surface area contributed by atoms with Gasteiger partial charge in [0.1, 0.15) is 11.7 Å². The average Bonchev–Trinajstić information content (AvgIpc) is 3.30. The topological polar surface area (TPSA) is 74.7 Å². The zero-order valence-electron chi connectivity index (χ0n) is 18.5. The number of Topliss-reactive ketones (excluding diaryl/α,β-unsaturated/α-hetero) is 1. The fraction of sp³-hybridized carbons (Fsp3) is 0.304. The molecular formula is C23H22F3N5O2. The standard InChI is InChI=1S/C23H22F3N5O2/c1-13(2)30-14(3)8-18(15(30)4)20(32)11-29-12-27-21-19(22(29)33)10-28-31(21)17-7-5-6-16(9-17)23(24,25)26/h5-10,12-13H,11H2,1-4H3. The first-order chi connectivity index (χ1) is 15.5. The average molecular weight is 457 g/mol. The number of nitrogens with zero attached hydrogens (tertiary/aromatic N) is 5. The largest absolute Gasteiger partial charge is 0.416 e. The molecule has 1 aromatic carbocycles. The number of fused-ring (bicyclic) bond motifs is 1. The van der Waals surface area contributed by atoms with Gasteiger partial charge in [-0.3, -0.25) is 14.2 Å². The Kier molecular flexibility index (Phi) is 5.47. The molecule has 0 aliphatic heterocycles. The molecule has 0 saturated carbocycles. The number of carbonyl (C=O) groups excluding carboxylic acids is 1. The highest BCUT2D eigenvalue weighted by atomic mass is 19.4. The van der Waals surface area contributed by atoms with Crippen molar-refractivity contribution in [2.24, 2.45) is 0 Å². The number of benzene rings is 1. The summed E-state index contributed by atoms with van der Waals surface area (Å²) in [5, 5.41) is 4.17. The summed E-state index contributed by atoms with van der Waals surface area (Å²) in [6.45, 7) is 7.63. The van der Waals surface area contributed by atoms with Crippen LogP contribution in [0.5, 0.6) is 0 Å². The molecule has 172 valence electrons. The number of aromatic nitrogens is 5. The maximum atomic E-state index is 13.1. The van der Waals surface area contributed by atoms with Gasteiger partial charge in [0.05, 0.1) is 24.0 Å². The van der Waals surface area contributed by atoms with Crippen LogP contribution in [0.3, 0.4) is 0 Å². The number of hydrogen-bond donors (Lipinski definition) is 0. The van der Waals surface area contributed by atoms with Gasteiger partial charge in [0, 0.05) is 23.0 Å². The van der Waals surface area contributed by atoms with E-state index in [4.69, 9.17) is 0 Å². The number of halogens is 3. The van der Waals surface area contributed by atoms with Gasteiger partial charge < -0.3 is 4.57 Å². The maximum Gasteiger partial charge on any atom is 0.416 e. The Morgan fingerprint density at radius 3 is 2.52 bits per heavy atom. The van der Waals surface area contributed by atoms with Crippen molar-refractivity contribution in [2.75, 3.05) is 0 Å². The summed E-state index contributed by atoms with van der Waals surface area (Å²) in [7, 11) is 0. The lowest BCUT2D eigenvalue weighted by Gasteiger charge is -2.13. The molecule has 0 aliphatic rings. The van der Waals surface area contributed by atoms with Crippen LogP contribution in [0.4, 0.5) is 13.2 Å². The zero-order chi connectivity index (χ0) is 24.1. The van der Waals surface area contributed by atoms with E-state index in [1.165, 1.54) is 33.9 Å². The molecular weight excluding hydrogens is 435 g/mol. The molecule has 0 saturated heterocycles. The van der Waals surface area contributed by atoms with E-state index in [1.807, 2.05) is 27.7 Å². The Labute approximate surface area is 187 Å². The predicted octanol–water partition coefficient (Wildman–Crippen LogP) is 4.48. The fourth-order valence-corrected chi connectivity index (χ4v) is 4.16. The fourth-order valence-electron chi connectivity index (χ4n) is 4.16. The van der Waals surface area contributed by atoms with E-state index in [-0.39, 0.29) is 35.1 Å². The summed E-state index contributed by atoms with van der Waals surface area (Å²) in [6.07, 6.45) is -2.04. The Bertz CT molecular complexity index is 1430. The van der Waals surface area contributed by atoms with Gasteiger partial charge in [-0.05, 0) is 52.0 Å². The van der Waals surface area contributed by atoms with Crippen molar-refractivity contribution in [1.82, 2.24) is 23.9 Å². The third-order valence-corrected chi connectivity index (χ3v) is 5.59. The van der Waals surface area contributed by atoms with Crippen LogP contribution in [0, 0.1) is 13.8 Å². The van der Waals surface area contributed by atoms with Crippen LogP contribution in [0.25, 0.3) is 16.7 Å². The lowest BCUT2D eigenvalue weighted by Crippen LogP contribution is -2.25. The molecule has 4 rings (SSSR count). The van der Waals surface area contributed by atoms with Gasteiger partial charge in [-0.2, -0.15) is 18.3 Å². The third kappa shape index (κ3) is 3.96. The molecule has 0 fully saturated rings. The molecule has 3 heterocycles. The molecule has 0 unspecified atom stereocenters. The van der Waals surface area contributed by atoms with Crippen molar-refractivity contribution < 1.29 is 18.0 Å². The molecule has 0 N–H and O–H groups in total. The van der Waals surface area contributed by atoms with Crippen LogP contribution in [0.2, 0.25) is 0 Å². The number of alkyl halides is 3. The highest BCUT2D eigenvalue weighted by molar-refractivity contribution is 5.97. The first-order valence-electron chi connectivity index (χ1n) is 10.3. The van der Waals surface area contributed by atoms with Gasteiger partial charge in [0.25, 0.3) is 5.56 Å². The molecule has 0 aliphatic carbocycles. The van der Waals surface area contributed by atoms with Crippen molar-refractivity contribution in [1.29, 1.82) is 0 Å².